The van der Waals surface area contributed by atoms with E-state index in [0.717, 1.165) is 11.1 Å². The summed E-state index contributed by atoms with van der Waals surface area (Å²) in [6.07, 6.45) is 4.03. The van der Waals surface area contributed by atoms with E-state index in [2.05, 4.69) is 6.08 Å². The van der Waals surface area contributed by atoms with Crippen molar-refractivity contribution in [2.24, 2.45) is 0 Å². The quantitative estimate of drug-likeness (QED) is 0.888. The van der Waals surface area contributed by atoms with Gasteiger partial charge in [-0.25, -0.2) is 0 Å². The van der Waals surface area contributed by atoms with Crippen molar-refractivity contribution in [1.29, 1.82) is 0 Å². The zero-order valence-corrected chi connectivity index (χ0v) is 11.6. The summed E-state index contributed by atoms with van der Waals surface area (Å²) in [7, 11) is 1.52. The molecule has 0 aliphatic carbocycles. The number of phenolic OH excluding ortho intramolecular Hbond substituents is 2. The van der Waals surface area contributed by atoms with Gasteiger partial charge in [-0.05, 0) is 29.8 Å². The number of phenols is 2. The van der Waals surface area contributed by atoms with E-state index in [0.29, 0.717) is 18.1 Å². The smallest absolute Gasteiger partial charge is 0.160 e. The third kappa shape index (κ3) is 2.65. The van der Waals surface area contributed by atoms with Crippen LogP contribution in [-0.4, -0.2) is 23.9 Å². The van der Waals surface area contributed by atoms with E-state index in [9.17, 15) is 10.2 Å². The highest BCUT2D eigenvalue weighted by atomic mass is 16.5. The second-order valence-corrected chi connectivity index (χ2v) is 4.93. The number of methoxy groups -OCH3 is 1. The molecule has 0 bridgehead atoms. The van der Waals surface area contributed by atoms with Gasteiger partial charge in [0.15, 0.2) is 11.5 Å². The number of fused-ring (bicyclic) bond motifs is 1. The van der Waals surface area contributed by atoms with Crippen LogP contribution in [0.2, 0.25) is 0 Å². The minimum Gasteiger partial charge on any atom is -0.508 e. The van der Waals surface area contributed by atoms with Gasteiger partial charge in [-0.2, -0.15) is 0 Å². The van der Waals surface area contributed by atoms with Crippen LogP contribution in [0.5, 0.6) is 23.0 Å². The molecule has 0 fully saturated rings. The standard InChI is InChI=1S/C17H16O4/c1-20-17-8-12(5-7-15(17)19)13-3-2-11-4-6-14(18)9-16(11)21-10-13/h2-9,13,18-19H,10H2,1H3/t13-/m1/s1. The highest BCUT2D eigenvalue weighted by Gasteiger charge is 2.16. The van der Waals surface area contributed by atoms with Crippen LogP contribution < -0.4 is 9.47 Å². The van der Waals surface area contributed by atoms with E-state index < -0.39 is 0 Å². The Labute approximate surface area is 122 Å². The molecule has 0 saturated heterocycles. The first-order valence-corrected chi connectivity index (χ1v) is 6.68. The van der Waals surface area contributed by atoms with Gasteiger partial charge in [-0.15, -0.1) is 0 Å². The van der Waals surface area contributed by atoms with Gasteiger partial charge in [0.1, 0.15) is 11.5 Å². The SMILES string of the molecule is COc1cc([C@@H]2C=Cc3ccc(O)cc3OC2)ccc1O. The maximum Gasteiger partial charge on any atom is 0.160 e. The van der Waals surface area contributed by atoms with E-state index in [1.807, 2.05) is 18.2 Å². The summed E-state index contributed by atoms with van der Waals surface area (Å²) in [6.45, 7) is 0.459. The molecular weight excluding hydrogens is 268 g/mol. The van der Waals surface area contributed by atoms with Crippen LogP contribution in [0.15, 0.2) is 42.5 Å². The largest absolute Gasteiger partial charge is 0.508 e. The Hall–Kier alpha value is -2.62. The highest BCUT2D eigenvalue weighted by molar-refractivity contribution is 5.61. The second-order valence-electron chi connectivity index (χ2n) is 4.93. The zero-order valence-electron chi connectivity index (χ0n) is 11.6. The van der Waals surface area contributed by atoms with Crippen LogP contribution in [0.4, 0.5) is 0 Å². The van der Waals surface area contributed by atoms with E-state index in [1.165, 1.54) is 7.11 Å². The van der Waals surface area contributed by atoms with Gasteiger partial charge in [0.05, 0.1) is 13.7 Å². The van der Waals surface area contributed by atoms with Gasteiger partial charge in [-0.3, -0.25) is 0 Å². The molecular formula is C17H16O4. The van der Waals surface area contributed by atoms with Crippen molar-refractivity contribution in [3.63, 3.8) is 0 Å². The maximum atomic E-state index is 9.66. The van der Waals surface area contributed by atoms with Crippen molar-refractivity contribution >= 4 is 6.08 Å². The molecule has 0 spiro atoms. The molecule has 0 saturated carbocycles. The Morgan fingerprint density at radius 2 is 2.00 bits per heavy atom. The fourth-order valence-corrected chi connectivity index (χ4v) is 2.37. The van der Waals surface area contributed by atoms with Gasteiger partial charge < -0.3 is 19.7 Å². The lowest BCUT2D eigenvalue weighted by molar-refractivity contribution is 0.306. The van der Waals surface area contributed by atoms with Crippen LogP contribution in [-0.2, 0) is 0 Å². The van der Waals surface area contributed by atoms with E-state index in [1.54, 1.807) is 24.3 Å². The van der Waals surface area contributed by atoms with Crippen molar-refractivity contribution in [2.75, 3.05) is 13.7 Å². The fraction of sp³-hybridized carbons (Fsp3) is 0.176. The van der Waals surface area contributed by atoms with Crippen molar-refractivity contribution in [3.05, 3.63) is 53.6 Å². The Balaban J connectivity index is 1.90. The average molecular weight is 284 g/mol. The minimum atomic E-state index is 0.0500. The second kappa shape index (κ2) is 5.40. The molecule has 3 rings (SSSR count). The molecule has 0 radical (unpaired) electrons. The topological polar surface area (TPSA) is 58.9 Å². The van der Waals surface area contributed by atoms with Crippen molar-refractivity contribution < 1.29 is 19.7 Å². The van der Waals surface area contributed by atoms with Gasteiger partial charge in [0, 0.05) is 17.5 Å². The highest BCUT2D eigenvalue weighted by Crippen LogP contribution is 2.34. The molecule has 1 heterocycles. The fourth-order valence-electron chi connectivity index (χ4n) is 2.37. The number of hydrogen-bond acceptors (Lipinski definition) is 4. The minimum absolute atomic E-state index is 0.0500. The monoisotopic (exact) mass is 284 g/mol. The first kappa shape index (κ1) is 13.4. The Bertz CT molecular complexity index is 691. The van der Waals surface area contributed by atoms with E-state index >= 15 is 0 Å². The van der Waals surface area contributed by atoms with Crippen molar-refractivity contribution in [3.8, 4) is 23.0 Å². The summed E-state index contributed by atoms with van der Waals surface area (Å²) in [5.74, 6) is 1.47. The molecule has 1 aliphatic heterocycles. The van der Waals surface area contributed by atoms with Gasteiger partial charge in [-0.1, -0.05) is 18.2 Å². The average Bonchev–Trinajstić information content (AvgIpc) is 2.70. The predicted octanol–water partition coefficient (Wildman–Crippen LogP) is 3.30. The molecule has 0 unspecified atom stereocenters. The van der Waals surface area contributed by atoms with Crippen LogP contribution in [0.1, 0.15) is 17.0 Å². The number of benzene rings is 2. The third-order valence-corrected chi connectivity index (χ3v) is 3.56. The molecule has 4 nitrogen and oxygen atoms in total. The number of hydrogen-bond donors (Lipinski definition) is 2. The predicted molar refractivity (Wildman–Crippen MR) is 80.0 cm³/mol. The lowest BCUT2D eigenvalue weighted by Crippen LogP contribution is -2.07. The first-order chi connectivity index (χ1) is 10.2. The Morgan fingerprint density at radius 3 is 2.81 bits per heavy atom. The molecule has 4 heteroatoms. The van der Waals surface area contributed by atoms with E-state index in [-0.39, 0.29) is 17.4 Å². The van der Waals surface area contributed by atoms with Crippen LogP contribution in [0, 0.1) is 0 Å². The summed E-state index contributed by atoms with van der Waals surface area (Å²) in [6, 6.07) is 10.3. The molecule has 1 atom stereocenters. The molecule has 2 aromatic rings. The van der Waals surface area contributed by atoms with E-state index in [4.69, 9.17) is 9.47 Å². The van der Waals surface area contributed by atoms with Gasteiger partial charge >= 0.3 is 0 Å². The summed E-state index contributed by atoms with van der Waals surface area (Å²) in [5.41, 5.74) is 1.93. The molecule has 1 aliphatic rings. The number of rotatable bonds is 2. The van der Waals surface area contributed by atoms with Gasteiger partial charge in [0.2, 0.25) is 0 Å². The molecule has 0 amide bonds. The van der Waals surface area contributed by atoms with Crippen LogP contribution >= 0.6 is 0 Å². The van der Waals surface area contributed by atoms with Crippen molar-refractivity contribution in [2.45, 2.75) is 5.92 Å². The van der Waals surface area contributed by atoms with Crippen molar-refractivity contribution in [1.82, 2.24) is 0 Å². The molecule has 108 valence electrons. The van der Waals surface area contributed by atoms with Crippen LogP contribution in [0.25, 0.3) is 6.08 Å². The lowest BCUT2D eigenvalue weighted by Gasteiger charge is -2.14. The summed E-state index contributed by atoms with van der Waals surface area (Å²) in [5, 5.41) is 19.2. The lowest BCUT2D eigenvalue weighted by atomic mass is 9.98. The molecule has 2 aromatic carbocycles. The first-order valence-electron chi connectivity index (χ1n) is 6.68. The Morgan fingerprint density at radius 1 is 1.14 bits per heavy atom. The third-order valence-electron chi connectivity index (χ3n) is 3.56. The maximum absolute atomic E-state index is 9.66. The summed E-state index contributed by atoms with van der Waals surface area (Å²) in [4.78, 5) is 0. The molecule has 21 heavy (non-hydrogen) atoms. The Kier molecular flexibility index (Phi) is 3.44. The number of aromatic hydroxyl groups is 2. The molecule has 0 aromatic heterocycles. The molecule has 2 N–H and O–H groups in total. The van der Waals surface area contributed by atoms with Gasteiger partial charge in [0.25, 0.3) is 0 Å². The normalized spacial score (nSPS) is 16.7. The summed E-state index contributed by atoms with van der Waals surface area (Å²) >= 11 is 0. The summed E-state index contributed by atoms with van der Waals surface area (Å²) < 4.78 is 10.9. The van der Waals surface area contributed by atoms with Crippen LogP contribution in [0.3, 0.4) is 0 Å². The zero-order chi connectivity index (χ0) is 14.8. The number of ether oxygens (including phenoxy) is 2.